The molecule has 0 fully saturated rings. The molecule has 0 saturated heterocycles. The summed E-state index contributed by atoms with van der Waals surface area (Å²) in [4.78, 5) is 8.02. The van der Waals surface area contributed by atoms with Gasteiger partial charge in [0.15, 0.2) is 0 Å². The van der Waals surface area contributed by atoms with Crippen LogP contribution >= 0.6 is 0 Å². The zero-order valence-electron chi connectivity index (χ0n) is 11.9. The van der Waals surface area contributed by atoms with Crippen molar-refractivity contribution < 1.29 is 9.94 Å². The summed E-state index contributed by atoms with van der Waals surface area (Å²) in [6.45, 7) is 5.90. The minimum Gasteiger partial charge on any atom is -0.421 e. The van der Waals surface area contributed by atoms with E-state index in [1.165, 1.54) is 6.21 Å². The number of rotatable bonds is 2. The Hall–Kier alpha value is -2.43. The third-order valence-electron chi connectivity index (χ3n) is 1.93. The van der Waals surface area contributed by atoms with Crippen LogP contribution < -0.4 is 4.74 Å². The maximum absolute atomic E-state index is 7.97. The predicted molar refractivity (Wildman–Crippen MR) is 78.3 cm³/mol. The van der Waals surface area contributed by atoms with Crippen molar-refractivity contribution in [3.8, 4) is 11.8 Å². The van der Waals surface area contributed by atoms with Crippen LogP contribution in [0, 0.1) is 5.41 Å². The zero-order valence-corrected chi connectivity index (χ0v) is 11.9. The van der Waals surface area contributed by atoms with Crippen LogP contribution in [0.15, 0.2) is 53.9 Å². The third kappa shape index (κ3) is 7.10. The number of nitrogens with zero attached hydrogens (tertiary/aromatic N) is 3. The molecule has 5 heteroatoms. The average Bonchev–Trinajstić information content (AvgIpc) is 2.40. The summed E-state index contributed by atoms with van der Waals surface area (Å²) >= 11 is 0. The van der Waals surface area contributed by atoms with Crippen molar-refractivity contribution in [3.05, 3.63) is 48.8 Å². The highest BCUT2D eigenvalue weighted by atomic mass is 16.5. The molecule has 20 heavy (non-hydrogen) atoms. The molecule has 0 amide bonds. The number of aromatic nitrogens is 2. The first-order valence-corrected chi connectivity index (χ1v) is 6.20. The van der Waals surface area contributed by atoms with Crippen molar-refractivity contribution in [2.45, 2.75) is 20.8 Å². The van der Waals surface area contributed by atoms with Crippen LogP contribution in [0.4, 0.5) is 0 Å². The normalized spacial score (nSPS) is 10.8. The lowest BCUT2D eigenvalue weighted by Gasteiger charge is -2.06. The van der Waals surface area contributed by atoms with Crippen LogP contribution in [0.2, 0.25) is 0 Å². The van der Waals surface area contributed by atoms with Crippen molar-refractivity contribution in [2.24, 2.45) is 10.6 Å². The Morgan fingerprint density at radius 3 is 1.75 bits per heavy atom. The molecule has 2 aromatic rings. The van der Waals surface area contributed by atoms with E-state index in [4.69, 9.17) is 9.94 Å². The fourth-order valence-electron chi connectivity index (χ4n) is 1.10. The maximum Gasteiger partial charge on any atom is 0.221 e. The van der Waals surface area contributed by atoms with Gasteiger partial charge in [-0.3, -0.25) is 0 Å². The van der Waals surface area contributed by atoms with Crippen LogP contribution in [0.5, 0.6) is 11.8 Å². The number of ether oxygens (including phenoxy) is 1. The first kappa shape index (κ1) is 15.6. The van der Waals surface area contributed by atoms with Gasteiger partial charge in [0.05, 0.1) is 0 Å². The van der Waals surface area contributed by atoms with Gasteiger partial charge in [0, 0.05) is 36.2 Å². The van der Waals surface area contributed by atoms with E-state index in [1.807, 2.05) is 45.0 Å². The van der Waals surface area contributed by atoms with Gasteiger partial charge in [-0.15, -0.1) is 5.16 Å². The van der Waals surface area contributed by atoms with E-state index in [0.29, 0.717) is 11.8 Å². The Bertz CT molecular complexity index is 470. The van der Waals surface area contributed by atoms with E-state index in [0.717, 1.165) is 0 Å². The van der Waals surface area contributed by atoms with E-state index >= 15 is 0 Å². The molecule has 0 aliphatic heterocycles. The molecular formula is C15H19N3O2. The SMILES string of the molecule is CC(C)(C)C=NO.c1ccc(Oc2ccccn2)nc1. The minimum absolute atomic E-state index is 0.00868. The Kier molecular flexibility index (Phi) is 6.16. The Labute approximate surface area is 119 Å². The van der Waals surface area contributed by atoms with Crippen molar-refractivity contribution in [2.75, 3.05) is 0 Å². The summed E-state index contributed by atoms with van der Waals surface area (Å²) in [7, 11) is 0. The van der Waals surface area contributed by atoms with E-state index in [2.05, 4.69) is 15.1 Å². The maximum atomic E-state index is 7.97. The summed E-state index contributed by atoms with van der Waals surface area (Å²) in [5.41, 5.74) is 0.00868. The second kappa shape index (κ2) is 7.89. The number of hydrogen-bond acceptors (Lipinski definition) is 5. The number of pyridine rings is 2. The molecule has 0 aliphatic rings. The molecule has 0 radical (unpaired) electrons. The Balaban J connectivity index is 0.000000246. The largest absolute Gasteiger partial charge is 0.421 e. The Morgan fingerprint density at radius 1 is 1.00 bits per heavy atom. The molecule has 106 valence electrons. The first-order chi connectivity index (χ1) is 9.51. The summed E-state index contributed by atoms with van der Waals surface area (Å²) < 4.78 is 5.36. The molecule has 2 aromatic heterocycles. The van der Waals surface area contributed by atoms with E-state index in [9.17, 15) is 0 Å². The highest BCUT2D eigenvalue weighted by molar-refractivity contribution is 5.62. The van der Waals surface area contributed by atoms with E-state index < -0.39 is 0 Å². The average molecular weight is 273 g/mol. The molecule has 0 unspecified atom stereocenters. The monoisotopic (exact) mass is 273 g/mol. The third-order valence-corrected chi connectivity index (χ3v) is 1.93. The van der Waals surface area contributed by atoms with Gasteiger partial charge in [-0.25, -0.2) is 9.97 Å². The van der Waals surface area contributed by atoms with Gasteiger partial charge in [-0.1, -0.05) is 32.9 Å². The fraction of sp³-hybridized carbons (Fsp3) is 0.267. The molecule has 1 N–H and O–H groups in total. The molecule has 0 atom stereocenters. The Morgan fingerprint density at radius 2 is 1.50 bits per heavy atom. The summed E-state index contributed by atoms with van der Waals surface area (Å²) in [6, 6.07) is 11.0. The molecular weight excluding hydrogens is 254 g/mol. The van der Waals surface area contributed by atoms with Gasteiger partial charge in [-0.2, -0.15) is 0 Å². The molecule has 0 aliphatic carbocycles. The summed E-state index contributed by atoms with van der Waals surface area (Å²) in [5, 5.41) is 10.9. The van der Waals surface area contributed by atoms with Crippen molar-refractivity contribution in [1.82, 2.24) is 9.97 Å². The summed E-state index contributed by atoms with van der Waals surface area (Å²) in [6.07, 6.45) is 4.85. The van der Waals surface area contributed by atoms with Crippen LogP contribution in [0.1, 0.15) is 20.8 Å². The molecule has 2 heterocycles. The van der Waals surface area contributed by atoms with Crippen molar-refractivity contribution in [1.29, 1.82) is 0 Å². The lowest BCUT2D eigenvalue weighted by atomic mass is 10.00. The predicted octanol–water partition coefficient (Wildman–Crippen LogP) is 3.76. The molecule has 0 saturated carbocycles. The molecule has 2 rings (SSSR count). The lowest BCUT2D eigenvalue weighted by molar-refractivity contribution is 0.315. The highest BCUT2D eigenvalue weighted by Gasteiger charge is 2.03. The van der Waals surface area contributed by atoms with Gasteiger partial charge in [-0.05, 0) is 12.1 Å². The van der Waals surface area contributed by atoms with Gasteiger partial charge < -0.3 is 9.94 Å². The van der Waals surface area contributed by atoms with Gasteiger partial charge >= 0.3 is 0 Å². The second-order valence-electron chi connectivity index (χ2n) is 5.05. The minimum atomic E-state index is 0.00868. The van der Waals surface area contributed by atoms with Crippen LogP contribution in [0.25, 0.3) is 0 Å². The molecule has 5 nitrogen and oxygen atoms in total. The van der Waals surface area contributed by atoms with E-state index in [1.54, 1.807) is 24.5 Å². The van der Waals surface area contributed by atoms with E-state index in [-0.39, 0.29) is 5.41 Å². The zero-order chi connectivity index (χ0) is 14.8. The fourth-order valence-corrected chi connectivity index (χ4v) is 1.10. The van der Waals surface area contributed by atoms with Crippen LogP contribution in [0.3, 0.4) is 0 Å². The molecule has 0 spiro atoms. The quantitative estimate of drug-likeness (QED) is 0.514. The van der Waals surface area contributed by atoms with Gasteiger partial charge in [0.2, 0.25) is 11.8 Å². The van der Waals surface area contributed by atoms with Gasteiger partial charge in [0.1, 0.15) is 0 Å². The van der Waals surface area contributed by atoms with Gasteiger partial charge in [0.25, 0.3) is 0 Å². The highest BCUT2D eigenvalue weighted by Crippen LogP contribution is 2.14. The molecule has 0 aromatic carbocycles. The lowest BCUT2D eigenvalue weighted by Crippen LogP contribution is -2.05. The van der Waals surface area contributed by atoms with Crippen molar-refractivity contribution >= 4 is 6.21 Å². The van der Waals surface area contributed by atoms with Crippen LogP contribution in [-0.2, 0) is 0 Å². The number of hydrogen-bond donors (Lipinski definition) is 1. The smallest absolute Gasteiger partial charge is 0.221 e. The second-order valence-corrected chi connectivity index (χ2v) is 5.05. The first-order valence-electron chi connectivity index (χ1n) is 6.20. The summed E-state index contributed by atoms with van der Waals surface area (Å²) in [5.74, 6) is 1.11. The molecule has 0 bridgehead atoms. The number of oxime groups is 1. The topological polar surface area (TPSA) is 67.6 Å². The standard InChI is InChI=1S/C10H8N2O.C5H11NO/c1-3-7-11-9(5-1)13-10-6-2-4-8-12-10;1-5(2,3)4-6-7/h1-8H;4,7H,1-3H3. The van der Waals surface area contributed by atoms with Crippen molar-refractivity contribution in [3.63, 3.8) is 0 Å². The van der Waals surface area contributed by atoms with Crippen LogP contribution in [-0.4, -0.2) is 21.4 Å².